The first-order chi connectivity index (χ1) is 7.56. The van der Waals surface area contributed by atoms with Crippen molar-refractivity contribution in [3.63, 3.8) is 0 Å². The van der Waals surface area contributed by atoms with Crippen LogP contribution in [-0.4, -0.2) is 37.6 Å². The number of hydrogen-bond acceptors (Lipinski definition) is 1. The largest absolute Gasteiger partial charge is 0.870 e. The van der Waals surface area contributed by atoms with Gasteiger partial charge in [-0.05, 0) is 12.8 Å². The van der Waals surface area contributed by atoms with Crippen molar-refractivity contribution >= 4 is 0 Å². The van der Waals surface area contributed by atoms with Crippen LogP contribution in [-0.2, 0) is 0 Å². The van der Waals surface area contributed by atoms with Crippen molar-refractivity contribution in [3.8, 4) is 0 Å². The molecule has 0 aromatic heterocycles. The Bertz CT molecular complexity index is 140. The minimum Gasteiger partial charge on any atom is -0.870 e. The molecule has 0 bridgehead atoms. The van der Waals surface area contributed by atoms with Gasteiger partial charge in [0.25, 0.3) is 0 Å². The molecule has 0 aromatic rings. The molecule has 0 fully saturated rings. The Kier molecular flexibility index (Phi) is 14.0. The van der Waals surface area contributed by atoms with E-state index in [-0.39, 0.29) is 5.48 Å². The maximum atomic E-state index is 2.29. The summed E-state index contributed by atoms with van der Waals surface area (Å²) in [5, 5.41) is 0. The van der Waals surface area contributed by atoms with E-state index in [0.29, 0.717) is 0 Å². The third kappa shape index (κ3) is 18.5. The Morgan fingerprint density at radius 1 is 0.588 bits per heavy atom. The van der Waals surface area contributed by atoms with Gasteiger partial charge in [-0.3, -0.25) is 0 Å². The van der Waals surface area contributed by atoms with Crippen molar-refractivity contribution in [2.45, 2.75) is 71.1 Å². The monoisotopic (exact) mass is 245 g/mol. The quantitative estimate of drug-likeness (QED) is 0.391. The molecule has 0 rings (SSSR count). The molecule has 106 valence electrons. The average molecular weight is 245 g/mol. The summed E-state index contributed by atoms with van der Waals surface area (Å²) in [5.41, 5.74) is 0. The number of unbranched alkanes of at least 4 members (excludes halogenated alkanes) is 9. The minimum atomic E-state index is 0. The van der Waals surface area contributed by atoms with Crippen molar-refractivity contribution in [2.75, 3.05) is 27.7 Å². The maximum absolute atomic E-state index is 2.29. The van der Waals surface area contributed by atoms with E-state index in [1.54, 1.807) is 0 Å². The Morgan fingerprint density at radius 2 is 0.941 bits per heavy atom. The van der Waals surface area contributed by atoms with E-state index in [1.165, 1.54) is 70.8 Å². The summed E-state index contributed by atoms with van der Waals surface area (Å²) in [5.74, 6) is 0. The zero-order valence-electron chi connectivity index (χ0n) is 12.7. The first-order valence-corrected chi connectivity index (χ1v) is 7.36. The Labute approximate surface area is 109 Å². The molecule has 0 atom stereocenters. The molecule has 0 unspecified atom stereocenters. The van der Waals surface area contributed by atoms with Gasteiger partial charge in [0.05, 0.1) is 27.7 Å². The van der Waals surface area contributed by atoms with Crippen molar-refractivity contribution < 1.29 is 9.96 Å². The molecule has 0 aliphatic carbocycles. The normalized spacial score (nSPS) is 11.3. The molecule has 0 saturated carbocycles. The number of quaternary nitrogens is 1. The van der Waals surface area contributed by atoms with E-state index >= 15 is 0 Å². The molecule has 0 aliphatic heterocycles. The van der Waals surface area contributed by atoms with Crippen molar-refractivity contribution in [3.05, 3.63) is 0 Å². The Hall–Kier alpha value is -0.0800. The highest BCUT2D eigenvalue weighted by Gasteiger charge is 2.04. The average Bonchev–Trinajstić information content (AvgIpc) is 2.19. The van der Waals surface area contributed by atoms with E-state index in [2.05, 4.69) is 28.1 Å². The molecule has 0 spiro atoms. The fourth-order valence-corrected chi connectivity index (χ4v) is 2.07. The molecule has 0 heterocycles. The summed E-state index contributed by atoms with van der Waals surface area (Å²) in [6.45, 7) is 3.62. The molecule has 0 aliphatic rings. The minimum absolute atomic E-state index is 0. The van der Waals surface area contributed by atoms with Crippen LogP contribution in [0.3, 0.4) is 0 Å². The third-order valence-corrected chi connectivity index (χ3v) is 3.18. The number of hydrogen-bond donors (Lipinski definition) is 0. The van der Waals surface area contributed by atoms with Crippen LogP contribution in [0.2, 0.25) is 0 Å². The van der Waals surface area contributed by atoms with Gasteiger partial charge >= 0.3 is 0 Å². The van der Waals surface area contributed by atoms with E-state index in [9.17, 15) is 0 Å². The second kappa shape index (κ2) is 12.4. The first kappa shape index (κ1) is 19.3. The fraction of sp³-hybridized carbons (Fsp3) is 1.00. The fourth-order valence-electron chi connectivity index (χ4n) is 2.07. The van der Waals surface area contributed by atoms with Crippen molar-refractivity contribution in [1.29, 1.82) is 0 Å². The second-order valence-corrected chi connectivity index (χ2v) is 6.20. The lowest BCUT2D eigenvalue weighted by molar-refractivity contribution is -0.870. The van der Waals surface area contributed by atoms with Crippen LogP contribution in [0.25, 0.3) is 0 Å². The lowest BCUT2D eigenvalue weighted by Crippen LogP contribution is -2.35. The molecule has 2 nitrogen and oxygen atoms in total. The molecule has 0 saturated heterocycles. The van der Waals surface area contributed by atoms with Gasteiger partial charge in [-0.25, -0.2) is 0 Å². The smallest absolute Gasteiger partial charge is 0.0780 e. The highest BCUT2D eigenvalue weighted by Crippen LogP contribution is 2.10. The summed E-state index contributed by atoms with van der Waals surface area (Å²) in [6, 6.07) is 0. The standard InChI is InChI=1S/C15H34N.H2O/c1-5-6-7-8-9-10-11-12-13-14-15-16(2,3)4;/h5-15H2,1-4H3;1H2/q+1;/p-1. The molecule has 17 heavy (non-hydrogen) atoms. The lowest BCUT2D eigenvalue weighted by Gasteiger charge is -2.23. The zero-order chi connectivity index (χ0) is 12.3. The Balaban J connectivity index is 0. The van der Waals surface area contributed by atoms with Gasteiger partial charge in [-0.1, -0.05) is 58.3 Å². The third-order valence-electron chi connectivity index (χ3n) is 3.18. The first-order valence-electron chi connectivity index (χ1n) is 7.36. The molecule has 0 radical (unpaired) electrons. The molecular weight excluding hydrogens is 210 g/mol. The highest BCUT2D eigenvalue weighted by atomic mass is 16.0. The van der Waals surface area contributed by atoms with E-state index in [0.717, 1.165) is 4.48 Å². The van der Waals surface area contributed by atoms with Crippen LogP contribution in [0.1, 0.15) is 71.1 Å². The highest BCUT2D eigenvalue weighted by molar-refractivity contribution is 4.47. The van der Waals surface area contributed by atoms with Crippen molar-refractivity contribution in [1.82, 2.24) is 0 Å². The van der Waals surface area contributed by atoms with Gasteiger partial charge in [-0.2, -0.15) is 0 Å². The van der Waals surface area contributed by atoms with Crippen LogP contribution in [0.4, 0.5) is 0 Å². The van der Waals surface area contributed by atoms with E-state index < -0.39 is 0 Å². The molecule has 0 aromatic carbocycles. The predicted octanol–water partition coefficient (Wildman–Crippen LogP) is 4.44. The van der Waals surface area contributed by atoms with Gasteiger partial charge in [0.15, 0.2) is 0 Å². The summed E-state index contributed by atoms with van der Waals surface area (Å²) < 4.78 is 1.12. The SMILES string of the molecule is CCCCCCCCCCCC[N+](C)(C)C.[OH-]. The van der Waals surface area contributed by atoms with Crippen LogP contribution in [0.5, 0.6) is 0 Å². The van der Waals surface area contributed by atoms with Crippen LogP contribution >= 0.6 is 0 Å². The molecular formula is C15H35NO. The molecule has 2 heteroatoms. The maximum Gasteiger partial charge on any atom is 0.0780 e. The van der Waals surface area contributed by atoms with Gasteiger partial charge in [0.1, 0.15) is 0 Å². The summed E-state index contributed by atoms with van der Waals surface area (Å²) in [6.07, 6.45) is 14.4. The predicted molar refractivity (Wildman–Crippen MR) is 76.7 cm³/mol. The second-order valence-electron chi connectivity index (χ2n) is 6.20. The van der Waals surface area contributed by atoms with E-state index in [1.807, 2.05) is 0 Å². The molecule has 0 amide bonds. The lowest BCUT2D eigenvalue weighted by atomic mass is 10.1. The summed E-state index contributed by atoms with van der Waals surface area (Å²) >= 11 is 0. The number of rotatable bonds is 11. The number of nitrogens with zero attached hydrogens (tertiary/aromatic N) is 1. The van der Waals surface area contributed by atoms with Gasteiger partial charge in [0, 0.05) is 0 Å². The Morgan fingerprint density at radius 3 is 1.29 bits per heavy atom. The zero-order valence-corrected chi connectivity index (χ0v) is 12.7. The van der Waals surface area contributed by atoms with Crippen LogP contribution in [0, 0.1) is 0 Å². The topological polar surface area (TPSA) is 30.0 Å². The van der Waals surface area contributed by atoms with Gasteiger partial charge in [0.2, 0.25) is 0 Å². The van der Waals surface area contributed by atoms with E-state index in [4.69, 9.17) is 0 Å². The van der Waals surface area contributed by atoms with Crippen LogP contribution < -0.4 is 0 Å². The van der Waals surface area contributed by atoms with Gasteiger partial charge < -0.3 is 9.96 Å². The van der Waals surface area contributed by atoms with Crippen LogP contribution in [0.15, 0.2) is 0 Å². The summed E-state index contributed by atoms with van der Waals surface area (Å²) in [7, 11) is 6.86. The van der Waals surface area contributed by atoms with Crippen molar-refractivity contribution in [2.24, 2.45) is 0 Å². The van der Waals surface area contributed by atoms with Gasteiger partial charge in [-0.15, -0.1) is 0 Å². The molecule has 1 N–H and O–H groups in total. The summed E-state index contributed by atoms with van der Waals surface area (Å²) in [4.78, 5) is 0.